The van der Waals surface area contributed by atoms with Gasteiger partial charge in [-0.2, -0.15) is 0 Å². The number of hydrogen-bond donors (Lipinski definition) is 3. The number of anilines is 2. The Kier molecular flexibility index (Phi) is 7.12. The van der Waals surface area contributed by atoms with Gasteiger partial charge in [0.25, 0.3) is 0 Å². The van der Waals surface area contributed by atoms with Gasteiger partial charge in [0.05, 0.1) is 31.7 Å². The molecule has 1 aromatic rings. The minimum atomic E-state index is 0.0354. The van der Waals surface area contributed by atoms with Crippen LogP contribution in [0, 0.1) is 5.92 Å². The van der Waals surface area contributed by atoms with Crippen LogP contribution in [0.25, 0.3) is 0 Å². The third-order valence-electron chi connectivity index (χ3n) is 3.80. The molecule has 22 heavy (non-hydrogen) atoms. The number of hydrogen-bond acceptors (Lipinski definition) is 5. The Labute approximate surface area is 131 Å². The Hall–Kier alpha value is -1.66. The Balaban J connectivity index is 1.72. The molecule has 1 aromatic heterocycles. The predicted octanol–water partition coefficient (Wildman–Crippen LogP) is 2.02. The fourth-order valence-electron chi connectivity index (χ4n) is 2.60. The molecule has 0 aromatic carbocycles. The SMILES string of the molecule is O=C(Nc1ccc(NCCOCCO)nc1)C1CCCCC1. The third-order valence-corrected chi connectivity index (χ3v) is 3.80. The maximum Gasteiger partial charge on any atom is 0.227 e. The number of aliphatic hydroxyl groups is 1. The quantitative estimate of drug-likeness (QED) is 0.640. The average molecular weight is 307 g/mol. The van der Waals surface area contributed by atoms with Crippen molar-refractivity contribution >= 4 is 17.4 Å². The molecule has 0 unspecified atom stereocenters. The van der Waals surface area contributed by atoms with Crippen LogP contribution in [0.15, 0.2) is 18.3 Å². The zero-order valence-corrected chi connectivity index (χ0v) is 12.9. The van der Waals surface area contributed by atoms with Gasteiger partial charge in [-0.1, -0.05) is 19.3 Å². The summed E-state index contributed by atoms with van der Waals surface area (Å²) < 4.78 is 5.15. The van der Waals surface area contributed by atoms with E-state index >= 15 is 0 Å². The molecule has 0 aliphatic heterocycles. The summed E-state index contributed by atoms with van der Waals surface area (Å²) in [5, 5.41) is 14.6. The molecule has 1 aliphatic rings. The second-order valence-corrected chi connectivity index (χ2v) is 5.52. The van der Waals surface area contributed by atoms with Gasteiger partial charge in [-0.25, -0.2) is 4.98 Å². The van der Waals surface area contributed by atoms with Crippen LogP contribution >= 0.6 is 0 Å². The zero-order valence-electron chi connectivity index (χ0n) is 12.9. The molecule has 1 heterocycles. The first-order valence-electron chi connectivity index (χ1n) is 7.99. The van der Waals surface area contributed by atoms with Crippen molar-refractivity contribution in [3.63, 3.8) is 0 Å². The van der Waals surface area contributed by atoms with E-state index in [1.165, 1.54) is 6.42 Å². The molecule has 1 aliphatic carbocycles. The second-order valence-electron chi connectivity index (χ2n) is 5.52. The monoisotopic (exact) mass is 307 g/mol. The van der Waals surface area contributed by atoms with Crippen molar-refractivity contribution in [3.8, 4) is 0 Å². The summed E-state index contributed by atoms with van der Waals surface area (Å²) in [6.45, 7) is 1.53. The van der Waals surface area contributed by atoms with Gasteiger partial charge in [0.2, 0.25) is 5.91 Å². The number of amides is 1. The number of pyridine rings is 1. The Bertz CT molecular complexity index is 444. The fraction of sp³-hybridized carbons (Fsp3) is 0.625. The summed E-state index contributed by atoms with van der Waals surface area (Å²) in [4.78, 5) is 16.4. The third kappa shape index (κ3) is 5.61. The van der Waals surface area contributed by atoms with Crippen LogP contribution in [0.4, 0.5) is 11.5 Å². The number of rotatable bonds is 8. The molecule has 0 spiro atoms. The van der Waals surface area contributed by atoms with Crippen molar-refractivity contribution in [2.24, 2.45) is 5.92 Å². The average Bonchev–Trinajstić information content (AvgIpc) is 2.57. The number of nitrogens with one attached hydrogen (secondary N) is 2. The topological polar surface area (TPSA) is 83.5 Å². The Morgan fingerprint density at radius 2 is 2.09 bits per heavy atom. The number of aromatic nitrogens is 1. The second kappa shape index (κ2) is 9.38. The summed E-state index contributed by atoms with van der Waals surface area (Å²) in [7, 11) is 0. The lowest BCUT2D eigenvalue weighted by Gasteiger charge is -2.20. The number of nitrogens with zero attached hydrogens (tertiary/aromatic N) is 1. The molecule has 1 saturated carbocycles. The first-order valence-corrected chi connectivity index (χ1v) is 7.99. The van der Waals surface area contributed by atoms with Crippen molar-refractivity contribution < 1.29 is 14.6 Å². The molecule has 3 N–H and O–H groups in total. The van der Waals surface area contributed by atoms with Crippen LogP contribution in [0.2, 0.25) is 0 Å². The highest BCUT2D eigenvalue weighted by atomic mass is 16.5. The maximum absolute atomic E-state index is 12.1. The van der Waals surface area contributed by atoms with Crippen molar-refractivity contribution in [1.29, 1.82) is 0 Å². The van der Waals surface area contributed by atoms with E-state index in [-0.39, 0.29) is 18.4 Å². The van der Waals surface area contributed by atoms with Crippen molar-refractivity contribution in [2.75, 3.05) is 37.0 Å². The Morgan fingerprint density at radius 1 is 1.27 bits per heavy atom. The van der Waals surface area contributed by atoms with Crippen LogP contribution in [0.3, 0.4) is 0 Å². The van der Waals surface area contributed by atoms with E-state index in [4.69, 9.17) is 9.84 Å². The van der Waals surface area contributed by atoms with E-state index in [9.17, 15) is 4.79 Å². The first-order chi connectivity index (χ1) is 10.8. The van der Waals surface area contributed by atoms with Crippen LogP contribution in [-0.2, 0) is 9.53 Å². The number of carbonyl (C=O) groups is 1. The van der Waals surface area contributed by atoms with E-state index in [1.54, 1.807) is 6.20 Å². The molecule has 1 fully saturated rings. The molecule has 0 atom stereocenters. The highest BCUT2D eigenvalue weighted by molar-refractivity contribution is 5.92. The number of carbonyl (C=O) groups excluding carboxylic acids is 1. The van der Waals surface area contributed by atoms with Crippen LogP contribution in [0.5, 0.6) is 0 Å². The minimum Gasteiger partial charge on any atom is -0.394 e. The summed E-state index contributed by atoms with van der Waals surface area (Å²) in [5.41, 5.74) is 0.734. The molecular weight excluding hydrogens is 282 g/mol. The number of ether oxygens (including phenoxy) is 1. The molecule has 6 heteroatoms. The van der Waals surface area contributed by atoms with E-state index in [0.717, 1.165) is 37.2 Å². The van der Waals surface area contributed by atoms with E-state index < -0.39 is 0 Å². The van der Waals surface area contributed by atoms with Gasteiger partial charge in [-0.3, -0.25) is 4.79 Å². The lowest BCUT2D eigenvalue weighted by molar-refractivity contribution is -0.120. The largest absolute Gasteiger partial charge is 0.394 e. The molecule has 6 nitrogen and oxygen atoms in total. The molecule has 122 valence electrons. The summed E-state index contributed by atoms with van der Waals surface area (Å²) in [5.74, 6) is 0.998. The van der Waals surface area contributed by atoms with E-state index in [1.807, 2.05) is 12.1 Å². The lowest BCUT2D eigenvalue weighted by atomic mass is 9.88. The number of aliphatic hydroxyl groups excluding tert-OH is 1. The highest BCUT2D eigenvalue weighted by Gasteiger charge is 2.20. The zero-order chi connectivity index (χ0) is 15.6. The minimum absolute atomic E-state index is 0.0354. The Morgan fingerprint density at radius 3 is 2.77 bits per heavy atom. The molecule has 0 saturated heterocycles. The van der Waals surface area contributed by atoms with Crippen molar-refractivity contribution in [2.45, 2.75) is 32.1 Å². The smallest absolute Gasteiger partial charge is 0.227 e. The predicted molar refractivity (Wildman–Crippen MR) is 85.8 cm³/mol. The van der Waals surface area contributed by atoms with E-state index in [2.05, 4.69) is 15.6 Å². The van der Waals surface area contributed by atoms with Crippen LogP contribution in [-0.4, -0.2) is 42.4 Å². The normalized spacial score (nSPS) is 15.5. The summed E-state index contributed by atoms with van der Waals surface area (Å²) in [6, 6.07) is 3.69. The van der Waals surface area contributed by atoms with Gasteiger partial charge in [-0.05, 0) is 25.0 Å². The fourth-order valence-corrected chi connectivity index (χ4v) is 2.60. The van der Waals surface area contributed by atoms with Crippen molar-refractivity contribution in [3.05, 3.63) is 18.3 Å². The lowest BCUT2D eigenvalue weighted by Crippen LogP contribution is -2.24. The van der Waals surface area contributed by atoms with Gasteiger partial charge in [0, 0.05) is 12.5 Å². The molecule has 0 bridgehead atoms. The van der Waals surface area contributed by atoms with Crippen molar-refractivity contribution in [1.82, 2.24) is 4.98 Å². The van der Waals surface area contributed by atoms with Gasteiger partial charge in [-0.15, -0.1) is 0 Å². The molecular formula is C16H25N3O3. The molecule has 1 amide bonds. The summed E-state index contributed by atoms with van der Waals surface area (Å²) >= 11 is 0. The van der Waals surface area contributed by atoms with Gasteiger partial charge < -0.3 is 20.5 Å². The standard InChI is InChI=1S/C16H25N3O3/c20-9-11-22-10-8-17-15-7-6-14(12-18-15)19-16(21)13-4-2-1-3-5-13/h6-7,12-13,20H,1-5,8-11H2,(H,17,18)(H,19,21). The summed E-state index contributed by atoms with van der Waals surface area (Å²) in [6.07, 6.45) is 7.19. The molecule has 0 radical (unpaired) electrons. The van der Waals surface area contributed by atoms with Crippen LogP contribution < -0.4 is 10.6 Å². The van der Waals surface area contributed by atoms with Gasteiger partial charge in [0.1, 0.15) is 5.82 Å². The molecule has 2 rings (SSSR count). The van der Waals surface area contributed by atoms with Crippen LogP contribution in [0.1, 0.15) is 32.1 Å². The first kappa shape index (κ1) is 16.7. The van der Waals surface area contributed by atoms with E-state index in [0.29, 0.717) is 19.8 Å². The highest BCUT2D eigenvalue weighted by Crippen LogP contribution is 2.24. The van der Waals surface area contributed by atoms with Gasteiger partial charge >= 0.3 is 0 Å². The van der Waals surface area contributed by atoms with Gasteiger partial charge in [0.15, 0.2) is 0 Å². The maximum atomic E-state index is 12.1.